The molecule has 0 aliphatic heterocycles. The fourth-order valence-corrected chi connectivity index (χ4v) is 2.04. The van der Waals surface area contributed by atoms with Gasteiger partial charge in [-0.2, -0.15) is 0 Å². The largest absolute Gasteiger partial charge is 0.315 e. The molecule has 5 nitrogen and oxygen atoms in total. The van der Waals surface area contributed by atoms with Gasteiger partial charge in [0, 0.05) is 12.4 Å². The van der Waals surface area contributed by atoms with Crippen molar-refractivity contribution in [2.24, 2.45) is 0 Å². The summed E-state index contributed by atoms with van der Waals surface area (Å²) < 4.78 is 1.71. The number of H-pyrrole nitrogens is 1. The van der Waals surface area contributed by atoms with Gasteiger partial charge in [-0.05, 0) is 24.4 Å². The lowest BCUT2D eigenvalue weighted by Gasteiger charge is -2.06. The average molecular weight is 256 g/mol. The Morgan fingerprint density at radius 3 is 2.61 bits per heavy atom. The molecule has 0 aliphatic rings. The zero-order valence-corrected chi connectivity index (χ0v) is 10.0. The molecule has 3 aromatic rings. The first kappa shape index (κ1) is 10.8. The highest BCUT2D eigenvalue weighted by atomic mass is 32.1. The summed E-state index contributed by atoms with van der Waals surface area (Å²) in [5.74, 6) is 0. The van der Waals surface area contributed by atoms with Crippen molar-refractivity contribution in [3.63, 3.8) is 0 Å². The fraction of sp³-hybridized carbons (Fsp3) is 0. The fourth-order valence-electron chi connectivity index (χ4n) is 1.75. The summed E-state index contributed by atoms with van der Waals surface area (Å²) in [6, 6.07) is 9.19. The van der Waals surface area contributed by atoms with Gasteiger partial charge in [0.15, 0.2) is 15.9 Å². The summed E-state index contributed by atoms with van der Waals surface area (Å²) in [7, 11) is 0. The van der Waals surface area contributed by atoms with Gasteiger partial charge < -0.3 is 4.98 Å². The molecule has 3 rings (SSSR count). The molecule has 0 unspecified atom stereocenters. The quantitative estimate of drug-likeness (QED) is 0.675. The molecule has 0 amide bonds. The van der Waals surface area contributed by atoms with Gasteiger partial charge in [0.25, 0.3) is 5.56 Å². The van der Waals surface area contributed by atoms with E-state index in [1.807, 2.05) is 30.3 Å². The van der Waals surface area contributed by atoms with Crippen molar-refractivity contribution in [2.45, 2.75) is 0 Å². The summed E-state index contributed by atoms with van der Waals surface area (Å²) in [5.41, 5.74) is 1.11. The molecule has 0 radical (unpaired) electrons. The van der Waals surface area contributed by atoms with Crippen LogP contribution in [0.4, 0.5) is 0 Å². The first-order chi connectivity index (χ1) is 8.77. The van der Waals surface area contributed by atoms with Crippen molar-refractivity contribution in [3.8, 4) is 5.69 Å². The molecule has 88 valence electrons. The Labute approximate surface area is 107 Å². The second kappa shape index (κ2) is 4.15. The van der Waals surface area contributed by atoms with E-state index in [1.54, 1.807) is 0 Å². The molecule has 0 fully saturated rings. The van der Waals surface area contributed by atoms with Crippen LogP contribution in [0, 0.1) is 4.77 Å². The highest BCUT2D eigenvalue weighted by Crippen LogP contribution is 2.06. The van der Waals surface area contributed by atoms with Crippen molar-refractivity contribution in [1.82, 2.24) is 19.5 Å². The van der Waals surface area contributed by atoms with Crippen molar-refractivity contribution in [2.75, 3.05) is 0 Å². The van der Waals surface area contributed by atoms with Gasteiger partial charge in [-0.25, -0.2) is 9.97 Å². The number of hydrogen-bond acceptors (Lipinski definition) is 4. The average Bonchev–Trinajstić information content (AvgIpc) is 2.40. The van der Waals surface area contributed by atoms with Gasteiger partial charge in [-0.15, -0.1) is 0 Å². The molecule has 18 heavy (non-hydrogen) atoms. The van der Waals surface area contributed by atoms with Gasteiger partial charge >= 0.3 is 0 Å². The minimum atomic E-state index is -0.270. The second-order valence-electron chi connectivity index (χ2n) is 3.66. The molecule has 0 aliphatic carbocycles. The molecule has 0 saturated heterocycles. The summed E-state index contributed by atoms with van der Waals surface area (Å²) in [6.45, 7) is 0. The standard InChI is InChI=1S/C12H8N4OS/c17-11-9-10(14-7-6-13-9)15-12(18)16(11)8-4-2-1-3-5-8/h1-7H,(H,14,15,18). The van der Waals surface area contributed by atoms with Gasteiger partial charge in [-0.3, -0.25) is 9.36 Å². The number of benzene rings is 1. The maximum Gasteiger partial charge on any atom is 0.287 e. The zero-order valence-electron chi connectivity index (χ0n) is 9.20. The molecule has 0 atom stereocenters. The van der Waals surface area contributed by atoms with Crippen LogP contribution in [-0.2, 0) is 0 Å². The summed E-state index contributed by atoms with van der Waals surface area (Å²) in [4.78, 5) is 23.3. The van der Waals surface area contributed by atoms with Crippen LogP contribution in [0.15, 0.2) is 47.5 Å². The van der Waals surface area contributed by atoms with Crippen molar-refractivity contribution < 1.29 is 0 Å². The van der Waals surface area contributed by atoms with Crippen LogP contribution in [0.2, 0.25) is 0 Å². The lowest BCUT2D eigenvalue weighted by Crippen LogP contribution is -2.21. The van der Waals surface area contributed by atoms with E-state index in [1.165, 1.54) is 17.0 Å². The van der Waals surface area contributed by atoms with Crippen LogP contribution in [0.1, 0.15) is 0 Å². The van der Waals surface area contributed by atoms with Crippen molar-refractivity contribution in [3.05, 3.63) is 57.9 Å². The number of nitrogens with zero attached hydrogens (tertiary/aromatic N) is 3. The topological polar surface area (TPSA) is 63.6 Å². The summed E-state index contributed by atoms with van der Waals surface area (Å²) >= 11 is 5.19. The number of aromatic nitrogens is 4. The summed E-state index contributed by atoms with van der Waals surface area (Å²) in [5, 5.41) is 0. The molecule has 6 heteroatoms. The number of aromatic amines is 1. The lowest BCUT2D eigenvalue weighted by molar-refractivity contribution is 0.925. The lowest BCUT2D eigenvalue weighted by atomic mass is 10.3. The predicted molar refractivity (Wildman–Crippen MR) is 70.3 cm³/mol. The van der Waals surface area contributed by atoms with E-state index in [2.05, 4.69) is 15.0 Å². The first-order valence-electron chi connectivity index (χ1n) is 5.29. The van der Waals surface area contributed by atoms with Crippen LogP contribution in [0.3, 0.4) is 0 Å². The molecule has 1 aromatic carbocycles. The smallest absolute Gasteiger partial charge is 0.287 e. The minimum absolute atomic E-state index is 0.270. The van der Waals surface area contributed by atoms with E-state index >= 15 is 0 Å². The highest BCUT2D eigenvalue weighted by Gasteiger charge is 2.08. The molecule has 0 bridgehead atoms. The molecule has 0 saturated carbocycles. The maximum atomic E-state index is 12.3. The number of para-hydroxylation sites is 1. The number of nitrogens with one attached hydrogen (secondary N) is 1. The minimum Gasteiger partial charge on any atom is -0.315 e. The van der Waals surface area contributed by atoms with Gasteiger partial charge in [0.2, 0.25) is 0 Å². The normalized spacial score (nSPS) is 10.7. The first-order valence-corrected chi connectivity index (χ1v) is 5.69. The Morgan fingerprint density at radius 1 is 1.11 bits per heavy atom. The van der Waals surface area contributed by atoms with Gasteiger partial charge in [-0.1, -0.05) is 18.2 Å². The third kappa shape index (κ3) is 1.63. The zero-order chi connectivity index (χ0) is 12.5. The SMILES string of the molecule is O=c1c2nccnc2[nH]c(=S)n1-c1ccccc1. The molecular formula is C12H8N4OS. The van der Waals surface area contributed by atoms with E-state index < -0.39 is 0 Å². The summed E-state index contributed by atoms with van der Waals surface area (Å²) in [6.07, 6.45) is 3.00. The predicted octanol–water partition coefficient (Wildman–Crippen LogP) is 1.84. The van der Waals surface area contributed by atoms with E-state index in [0.717, 1.165) is 0 Å². The van der Waals surface area contributed by atoms with E-state index in [0.29, 0.717) is 16.1 Å². The van der Waals surface area contributed by atoms with E-state index in [9.17, 15) is 4.79 Å². The van der Waals surface area contributed by atoms with Crippen LogP contribution in [0.25, 0.3) is 16.9 Å². The Hall–Kier alpha value is -2.34. The van der Waals surface area contributed by atoms with Crippen molar-refractivity contribution >= 4 is 23.4 Å². The van der Waals surface area contributed by atoms with Crippen LogP contribution in [-0.4, -0.2) is 19.5 Å². The number of rotatable bonds is 1. The Bertz CT molecular complexity index is 823. The molecule has 2 heterocycles. The number of hydrogen-bond donors (Lipinski definition) is 1. The van der Waals surface area contributed by atoms with Gasteiger partial charge in [0.1, 0.15) is 0 Å². The third-order valence-corrected chi connectivity index (χ3v) is 2.83. The molecule has 1 N–H and O–H groups in total. The third-order valence-electron chi connectivity index (χ3n) is 2.55. The van der Waals surface area contributed by atoms with Crippen LogP contribution < -0.4 is 5.56 Å². The Morgan fingerprint density at radius 2 is 1.83 bits per heavy atom. The van der Waals surface area contributed by atoms with Gasteiger partial charge in [0.05, 0.1) is 5.69 Å². The maximum absolute atomic E-state index is 12.3. The molecule has 2 aromatic heterocycles. The second-order valence-corrected chi connectivity index (χ2v) is 4.05. The molecular weight excluding hydrogens is 248 g/mol. The Balaban J connectivity index is 2.45. The van der Waals surface area contributed by atoms with E-state index in [4.69, 9.17) is 12.2 Å². The monoisotopic (exact) mass is 256 g/mol. The number of fused-ring (bicyclic) bond motifs is 1. The van der Waals surface area contributed by atoms with Crippen molar-refractivity contribution in [1.29, 1.82) is 0 Å². The molecule has 0 spiro atoms. The van der Waals surface area contributed by atoms with E-state index in [-0.39, 0.29) is 11.1 Å². The van der Waals surface area contributed by atoms with Crippen LogP contribution in [0.5, 0.6) is 0 Å². The Kier molecular flexibility index (Phi) is 2.49. The highest BCUT2D eigenvalue weighted by molar-refractivity contribution is 7.71. The van der Waals surface area contributed by atoms with Crippen LogP contribution >= 0.6 is 12.2 Å².